The van der Waals surface area contributed by atoms with E-state index in [4.69, 9.17) is 5.73 Å². The second-order valence-electron chi connectivity index (χ2n) is 5.40. The number of hydrogen-bond donors (Lipinski definition) is 1. The molecular formula is C17H26N4. The predicted molar refractivity (Wildman–Crippen MR) is 88.3 cm³/mol. The molecule has 0 fully saturated rings. The molecule has 1 aromatic heterocycles. The van der Waals surface area contributed by atoms with Gasteiger partial charge in [0.1, 0.15) is 0 Å². The molecule has 0 bridgehead atoms. The van der Waals surface area contributed by atoms with Crippen LogP contribution in [-0.2, 0) is 26.6 Å². The number of nitrogens with two attached hydrogens (primary N) is 1. The first-order valence-corrected chi connectivity index (χ1v) is 7.73. The Morgan fingerprint density at radius 2 is 1.90 bits per heavy atom. The summed E-state index contributed by atoms with van der Waals surface area (Å²) < 4.78 is 2.00. The standard InChI is InChI=1S/C17H26N4/c1-4-10-21(16-8-6-14(12-18)7-9-16)13-17-11-15(5-2)19-20(17)3/h6-9,11H,4-5,10,12-13,18H2,1-3H3. The minimum atomic E-state index is 0.593. The molecule has 0 aliphatic carbocycles. The molecule has 0 saturated carbocycles. The Morgan fingerprint density at radius 3 is 2.43 bits per heavy atom. The maximum absolute atomic E-state index is 5.67. The van der Waals surface area contributed by atoms with E-state index in [0.29, 0.717) is 6.54 Å². The van der Waals surface area contributed by atoms with Crippen molar-refractivity contribution in [1.29, 1.82) is 0 Å². The average Bonchev–Trinajstić information content (AvgIpc) is 2.87. The van der Waals surface area contributed by atoms with Gasteiger partial charge in [0.2, 0.25) is 0 Å². The third-order valence-corrected chi connectivity index (χ3v) is 3.77. The number of aryl methyl sites for hydroxylation is 2. The van der Waals surface area contributed by atoms with Crippen molar-refractivity contribution in [3.63, 3.8) is 0 Å². The monoisotopic (exact) mass is 286 g/mol. The van der Waals surface area contributed by atoms with Crippen molar-refractivity contribution in [2.45, 2.75) is 39.8 Å². The Balaban J connectivity index is 2.19. The molecule has 0 radical (unpaired) electrons. The Labute approximate surface area is 127 Å². The maximum atomic E-state index is 5.67. The highest BCUT2D eigenvalue weighted by Crippen LogP contribution is 2.19. The fraction of sp³-hybridized carbons (Fsp3) is 0.471. The van der Waals surface area contributed by atoms with Gasteiger partial charge in [-0.2, -0.15) is 5.10 Å². The zero-order valence-corrected chi connectivity index (χ0v) is 13.3. The summed E-state index contributed by atoms with van der Waals surface area (Å²) in [5.74, 6) is 0. The van der Waals surface area contributed by atoms with Gasteiger partial charge < -0.3 is 10.6 Å². The lowest BCUT2D eigenvalue weighted by atomic mass is 10.2. The van der Waals surface area contributed by atoms with Crippen LogP contribution >= 0.6 is 0 Å². The first-order valence-electron chi connectivity index (χ1n) is 7.73. The van der Waals surface area contributed by atoms with Crippen molar-refractivity contribution in [3.8, 4) is 0 Å². The molecule has 0 aliphatic heterocycles. The Bertz CT molecular complexity index is 557. The molecule has 4 heteroatoms. The second kappa shape index (κ2) is 7.27. The molecule has 2 rings (SSSR count). The largest absolute Gasteiger partial charge is 0.366 e. The van der Waals surface area contributed by atoms with Crippen molar-refractivity contribution in [2.75, 3.05) is 11.4 Å². The van der Waals surface area contributed by atoms with E-state index in [9.17, 15) is 0 Å². The molecule has 2 N–H and O–H groups in total. The van der Waals surface area contributed by atoms with Crippen LogP contribution in [0.4, 0.5) is 5.69 Å². The molecule has 0 unspecified atom stereocenters. The van der Waals surface area contributed by atoms with E-state index in [2.05, 4.69) is 54.2 Å². The van der Waals surface area contributed by atoms with Gasteiger partial charge in [0.05, 0.1) is 17.9 Å². The lowest BCUT2D eigenvalue weighted by molar-refractivity contribution is 0.667. The van der Waals surface area contributed by atoms with Gasteiger partial charge in [0, 0.05) is 25.8 Å². The molecule has 0 atom stereocenters. The molecule has 21 heavy (non-hydrogen) atoms. The van der Waals surface area contributed by atoms with Crippen molar-refractivity contribution in [2.24, 2.45) is 12.8 Å². The molecular weight excluding hydrogens is 260 g/mol. The normalized spacial score (nSPS) is 10.9. The van der Waals surface area contributed by atoms with E-state index in [1.807, 2.05) is 11.7 Å². The smallest absolute Gasteiger partial charge is 0.0625 e. The van der Waals surface area contributed by atoms with Crippen LogP contribution in [0.25, 0.3) is 0 Å². The van der Waals surface area contributed by atoms with Gasteiger partial charge in [-0.3, -0.25) is 4.68 Å². The minimum Gasteiger partial charge on any atom is -0.366 e. The minimum absolute atomic E-state index is 0.593. The lowest BCUT2D eigenvalue weighted by Gasteiger charge is -2.24. The Kier molecular flexibility index (Phi) is 5.39. The van der Waals surface area contributed by atoms with Crippen LogP contribution in [0.2, 0.25) is 0 Å². The summed E-state index contributed by atoms with van der Waals surface area (Å²) in [5.41, 5.74) is 10.5. The number of aromatic nitrogens is 2. The van der Waals surface area contributed by atoms with E-state index in [0.717, 1.165) is 31.6 Å². The van der Waals surface area contributed by atoms with Gasteiger partial charge in [-0.15, -0.1) is 0 Å². The number of nitrogens with zero attached hydrogens (tertiary/aromatic N) is 3. The molecule has 0 spiro atoms. The highest BCUT2D eigenvalue weighted by Gasteiger charge is 2.10. The van der Waals surface area contributed by atoms with Crippen LogP contribution in [0.3, 0.4) is 0 Å². The molecule has 1 aromatic carbocycles. The van der Waals surface area contributed by atoms with E-state index < -0.39 is 0 Å². The zero-order chi connectivity index (χ0) is 15.2. The molecule has 0 amide bonds. The molecule has 1 heterocycles. The first-order chi connectivity index (χ1) is 10.2. The van der Waals surface area contributed by atoms with Gasteiger partial charge in [0.25, 0.3) is 0 Å². The van der Waals surface area contributed by atoms with E-state index in [-0.39, 0.29) is 0 Å². The summed E-state index contributed by atoms with van der Waals surface area (Å²) in [4.78, 5) is 2.40. The third-order valence-electron chi connectivity index (χ3n) is 3.77. The number of benzene rings is 1. The van der Waals surface area contributed by atoms with Crippen LogP contribution < -0.4 is 10.6 Å². The summed E-state index contributed by atoms with van der Waals surface area (Å²) in [6.45, 7) is 6.87. The van der Waals surface area contributed by atoms with E-state index in [1.54, 1.807) is 0 Å². The van der Waals surface area contributed by atoms with Crippen LogP contribution in [0.5, 0.6) is 0 Å². The molecule has 0 saturated heterocycles. The maximum Gasteiger partial charge on any atom is 0.0625 e. The molecule has 4 nitrogen and oxygen atoms in total. The van der Waals surface area contributed by atoms with Gasteiger partial charge in [-0.05, 0) is 36.6 Å². The Hall–Kier alpha value is -1.81. The van der Waals surface area contributed by atoms with Crippen LogP contribution in [0.1, 0.15) is 37.2 Å². The second-order valence-corrected chi connectivity index (χ2v) is 5.40. The van der Waals surface area contributed by atoms with Crippen LogP contribution in [-0.4, -0.2) is 16.3 Å². The van der Waals surface area contributed by atoms with Gasteiger partial charge in [-0.1, -0.05) is 26.0 Å². The summed E-state index contributed by atoms with van der Waals surface area (Å²) in [5, 5.41) is 4.54. The van der Waals surface area contributed by atoms with Gasteiger partial charge >= 0.3 is 0 Å². The average molecular weight is 286 g/mol. The molecule has 0 aliphatic rings. The van der Waals surface area contributed by atoms with Crippen molar-refractivity contribution >= 4 is 5.69 Å². The van der Waals surface area contributed by atoms with Crippen molar-refractivity contribution in [3.05, 3.63) is 47.3 Å². The summed E-state index contributed by atoms with van der Waals surface area (Å²) in [7, 11) is 2.02. The van der Waals surface area contributed by atoms with Crippen LogP contribution in [0, 0.1) is 0 Å². The lowest BCUT2D eigenvalue weighted by Crippen LogP contribution is -2.24. The highest BCUT2D eigenvalue weighted by molar-refractivity contribution is 5.48. The van der Waals surface area contributed by atoms with Crippen molar-refractivity contribution < 1.29 is 0 Å². The zero-order valence-electron chi connectivity index (χ0n) is 13.3. The number of rotatable bonds is 7. The van der Waals surface area contributed by atoms with E-state index in [1.165, 1.54) is 16.9 Å². The van der Waals surface area contributed by atoms with Crippen LogP contribution in [0.15, 0.2) is 30.3 Å². The first kappa shape index (κ1) is 15.6. The summed E-state index contributed by atoms with van der Waals surface area (Å²) in [6.07, 6.45) is 2.10. The van der Waals surface area contributed by atoms with E-state index >= 15 is 0 Å². The SMILES string of the molecule is CCCN(Cc1cc(CC)nn1C)c1ccc(CN)cc1. The predicted octanol–water partition coefficient (Wildman–Crippen LogP) is 2.86. The Morgan fingerprint density at radius 1 is 1.19 bits per heavy atom. The van der Waals surface area contributed by atoms with Gasteiger partial charge in [-0.25, -0.2) is 0 Å². The molecule has 114 valence electrons. The quantitative estimate of drug-likeness (QED) is 0.851. The van der Waals surface area contributed by atoms with Crippen molar-refractivity contribution in [1.82, 2.24) is 9.78 Å². The number of hydrogen-bond acceptors (Lipinski definition) is 3. The highest BCUT2D eigenvalue weighted by atomic mass is 15.3. The fourth-order valence-corrected chi connectivity index (χ4v) is 2.50. The number of anilines is 1. The molecule has 2 aromatic rings. The third kappa shape index (κ3) is 3.85. The summed E-state index contributed by atoms with van der Waals surface area (Å²) >= 11 is 0. The fourth-order valence-electron chi connectivity index (χ4n) is 2.50. The summed E-state index contributed by atoms with van der Waals surface area (Å²) in [6, 6.07) is 10.7. The van der Waals surface area contributed by atoms with Gasteiger partial charge in [0.15, 0.2) is 0 Å². The topological polar surface area (TPSA) is 47.1 Å².